The van der Waals surface area contributed by atoms with E-state index in [1.807, 2.05) is 0 Å². The molecule has 0 bridgehead atoms. The van der Waals surface area contributed by atoms with Gasteiger partial charge in [-0.05, 0) is 18.6 Å². The SMILES string of the molecule is CCc1ccc(N2CCN(CCN)CC2)nn1. The van der Waals surface area contributed by atoms with Gasteiger partial charge in [-0.1, -0.05) is 6.92 Å². The van der Waals surface area contributed by atoms with Crippen LogP contribution < -0.4 is 10.6 Å². The lowest BCUT2D eigenvalue weighted by molar-refractivity contribution is 0.264. The average Bonchev–Trinajstić information content (AvgIpc) is 2.40. The smallest absolute Gasteiger partial charge is 0.151 e. The molecule has 1 saturated heterocycles. The monoisotopic (exact) mass is 235 g/mol. The van der Waals surface area contributed by atoms with Crippen LogP contribution in [-0.4, -0.2) is 54.4 Å². The number of hydrogen-bond acceptors (Lipinski definition) is 5. The summed E-state index contributed by atoms with van der Waals surface area (Å²) in [5.41, 5.74) is 6.61. The molecule has 1 aromatic heterocycles. The summed E-state index contributed by atoms with van der Waals surface area (Å²) < 4.78 is 0. The van der Waals surface area contributed by atoms with Crippen molar-refractivity contribution in [3.05, 3.63) is 17.8 Å². The van der Waals surface area contributed by atoms with Crippen LogP contribution in [0.3, 0.4) is 0 Å². The van der Waals surface area contributed by atoms with Crippen molar-refractivity contribution in [2.75, 3.05) is 44.2 Å². The maximum Gasteiger partial charge on any atom is 0.151 e. The predicted octanol–water partition coefficient (Wildman–Crippen LogP) is 0.120. The fourth-order valence-corrected chi connectivity index (χ4v) is 2.09. The van der Waals surface area contributed by atoms with Crippen molar-refractivity contribution in [2.24, 2.45) is 5.73 Å². The Labute approximate surface area is 103 Å². The maximum absolute atomic E-state index is 5.56. The van der Waals surface area contributed by atoms with E-state index in [4.69, 9.17) is 5.73 Å². The molecule has 0 aromatic carbocycles. The molecule has 0 unspecified atom stereocenters. The standard InChI is InChI=1S/C12H21N5/c1-2-11-3-4-12(15-14-11)17-9-7-16(6-5-13)8-10-17/h3-4H,2,5-10,13H2,1H3. The molecule has 1 fully saturated rings. The molecule has 0 radical (unpaired) electrons. The van der Waals surface area contributed by atoms with E-state index in [9.17, 15) is 0 Å². The van der Waals surface area contributed by atoms with Crippen molar-refractivity contribution in [3.63, 3.8) is 0 Å². The largest absolute Gasteiger partial charge is 0.353 e. The van der Waals surface area contributed by atoms with Crippen molar-refractivity contribution in [1.29, 1.82) is 0 Å². The number of piperazine rings is 1. The Balaban J connectivity index is 1.91. The molecular weight excluding hydrogens is 214 g/mol. The zero-order chi connectivity index (χ0) is 12.1. The van der Waals surface area contributed by atoms with Gasteiger partial charge in [-0.2, -0.15) is 5.10 Å². The molecule has 0 spiro atoms. The summed E-state index contributed by atoms with van der Waals surface area (Å²) in [6.07, 6.45) is 0.942. The highest BCUT2D eigenvalue weighted by Crippen LogP contribution is 2.12. The molecule has 0 saturated carbocycles. The van der Waals surface area contributed by atoms with Gasteiger partial charge >= 0.3 is 0 Å². The van der Waals surface area contributed by atoms with E-state index < -0.39 is 0 Å². The minimum absolute atomic E-state index is 0.741. The van der Waals surface area contributed by atoms with Gasteiger partial charge in [0.15, 0.2) is 5.82 Å². The molecular formula is C12H21N5. The van der Waals surface area contributed by atoms with Crippen LogP contribution in [0.15, 0.2) is 12.1 Å². The Kier molecular flexibility index (Phi) is 4.28. The van der Waals surface area contributed by atoms with Gasteiger partial charge in [0.2, 0.25) is 0 Å². The second-order valence-corrected chi connectivity index (χ2v) is 4.35. The average molecular weight is 235 g/mol. The van der Waals surface area contributed by atoms with Crippen LogP contribution in [0, 0.1) is 0 Å². The molecule has 0 atom stereocenters. The zero-order valence-electron chi connectivity index (χ0n) is 10.5. The number of hydrogen-bond donors (Lipinski definition) is 1. The van der Waals surface area contributed by atoms with Crippen LogP contribution in [0.5, 0.6) is 0 Å². The molecule has 17 heavy (non-hydrogen) atoms. The van der Waals surface area contributed by atoms with Crippen molar-refractivity contribution < 1.29 is 0 Å². The molecule has 2 rings (SSSR count). The van der Waals surface area contributed by atoms with E-state index >= 15 is 0 Å². The summed E-state index contributed by atoms with van der Waals surface area (Å²) in [5.74, 6) is 0.995. The number of aryl methyl sites for hydroxylation is 1. The van der Waals surface area contributed by atoms with Crippen LogP contribution >= 0.6 is 0 Å². The third-order valence-electron chi connectivity index (χ3n) is 3.21. The summed E-state index contributed by atoms with van der Waals surface area (Å²) >= 11 is 0. The van der Waals surface area contributed by atoms with Gasteiger partial charge in [-0.15, -0.1) is 5.10 Å². The van der Waals surface area contributed by atoms with E-state index in [2.05, 4.69) is 39.1 Å². The summed E-state index contributed by atoms with van der Waals surface area (Å²) in [6, 6.07) is 4.14. The summed E-state index contributed by atoms with van der Waals surface area (Å²) in [7, 11) is 0. The van der Waals surface area contributed by atoms with Crippen LogP contribution in [0.2, 0.25) is 0 Å². The van der Waals surface area contributed by atoms with E-state index in [1.54, 1.807) is 0 Å². The van der Waals surface area contributed by atoms with Crippen LogP contribution in [-0.2, 0) is 6.42 Å². The Morgan fingerprint density at radius 3 is 2.47 bits per heavy atom. The highest BCUT2D eigenvalue weighted by molar-refractivity contribution is 5.37. The summed E-state index contributed by atoms with van der Waals surface area (Å²) in [5, 5.41) is 8.48. The van der Waals surface area contributed by atoms with Gasteiger partial charge in [0.1, 0.15) is 0 Å². The van der Waals surface area contributed by atoms with E-state index in [1.165, 1.54) is 0 Å². The summed E-state index contributed by atoms with van der Waals surface area (Å²) in [6.45, 7) is 7.98. The zero-order valence-corrected chi connectivity index (χ0v) is 10.5. The molecule has 94 valence electrons. The van der Waals surface area contributed by atoms with E-state index in [0.29, 0.717) is 0 Å². The first-order valence-electron chi connectivity index (χ1n) is 6.33. The number of aromatic nitrogens is 2. The Hall–Kier alpha value is -1.20. The third-order valence-corrected chi connectivity index (χ3v) is 3.21. The molecule has 0 amide bonds. The van der Waals surface area contributed by atoms with Crippen LogP contribution in [0.1, 0.15) is 12.6 Å². The fourth-order valence-electron chi connectivity index (χ4n) is 2.09. The molecule has 1 aliphatic heterocycles. The number of nitrogens with zero attached hydrogens (tertiary/aromatic N) is 4. The van der Waals surface area contributed by atoms with Crippen molar-refractivity contribution in [3.8, 4) is 0 Å². The Bertz CT molecular complexity index is 329. The second kappa shape index (κ2) is 5.93. The first-order chi connectivity index (χ1) is 8.33. The topological polar surface area (TPSA) is 58.3 Å². The van der Waals surface area contributed by atoms with Crippen molar-refractivity contribution in [1.82, 2.24) is 15.1 Å². The summed E-state index contributed by atoms with van der Waals surface area (Å²) in [4.78, 5) is 4.68. The Morgan fingerprint density at radius 2 is 1.94 bits per heavy atom. The van der Waals surface area contributed by atoms with Gasteiger partial charge < -0.3 is 10.6 Å². The van der Waals surface area contributed by atoms with E-state index in [-0.39, 0.29) is 0 Å². The highest BCUT2D eigenvalue weighted by atomic mass is 15.3. The molecule has 1 aromatic rings. The van der Waals surface area contributed by atoms with Gasteiger partial charge in [0.25, 0.3) is 0 Å². The predicted molar refractivity (Wildman–Crippen MR) is 69.1 cm³/mol. The maximum atomic E-state index is 5.56. The molecule has 2 N–H and O–H groups in total. The molecule has 0 aliphatic carbocycles. The quantitative estimate of drug-likeness (QED) is 0.803. The molecule has 2 heterocycles. The fraction of sp³-hybridized carbons (Fsp3) is 0.667. The van der Waals surface area contributed by atoms with Crippen molar-refractivity contribution in [2.45, 2.75) is 13.3 Å². The van der Waals surface area contributed by atoms with Gasteiger partial charge in [0.05, 0.1) is 5.69 Å². The Morgan fingerprint density at radius 1 is 1.18 bits per heavy atom. The second-order valence-electron chi connectivity index (χ2n) is 4.35. The number of nitrogens with two attached hydrogens (primary N) is 1. The van der Waals surface area contributed by atoms with Gasteiger partial charge in [0, 0.05) is 39.3 Å². The lowest BCUT2D eigenvalue weighted by Crippen LogP contribution is -2.48. The molecule has 5 nitrogen and oxygen atoms in total. The highest BCUT2D eigenvalue weighted by Gasteiger charge is 2.17. The third kappa shape index (κ3) is 3.14. The van der Waals surface area contributed by atoms with Crippen molar-refractivity contribution >= 4 is 5.82 Å². The molecule has 5 heteroatoms. The minimum atomic E-state index is 0.741. The van der Waals surface area contributed by atoms with Crippen LogP contribution in [0.4, 0.5) is 5.82 Å². The first kappa shape index (κ1) is 12.3. The van der Waals surface area contributed by atoms with Gasteiger partial charge in [-0.3, -0.25) is 4.90 Å². The lowest BCUT2D eigenvalue weighted by atomic mass is 10.3. The van der Waals surface area contributed by atoms with Gasteiger partial charge in [-0.25, -0.2) is 0 Å². The number of anilines is 1. The van der Waals surface area contributed by atoms with Crippen LogP contribution in [0.25, 0.3) is 0 Å². The first-order valence-corrected chi connectivity index (χ1v) is 6.33. The minimum Gasteiger partial charge on any atom is -0.353 e. The van der Waals surface area contributed by atoms with E-state index in [0.717, 1.165) is 57.2 Å². The normalized spacial score (nSPS) is 17.4. The number of rotatable bonds is 4. The molecule has 1 aliphatic rings. The lowest BCUT2D eigenvalue weighted by Gasteiger charge is -2.34.